The van der Waals surface area contributed by atoms with Crippen LogP contribution < -0.4 is 5.32 Å². The second-order valence-corrected chi connectivity index (χ2v) is 8.41. The quantitative estimate of drug-likeness (QED) is 0.637. The lowest BCUT2D eigenvalue weighted by Gasteiger charge is -2.36. The highest BCUT2D eigenvalue weighted by atomic mass is 19.4. The summed E-state index contributed by atoms with van der Waals surface area (Å²) in [5.74, 6) is 0.162. The van der Waals surface area contributed by atoms with Gasteiger partial charge in [-0.15, -0.1) is 0 Å². The number of carbonyl (C=O) groups is 1. The lowest BCUT2D eigenvalue weighted by atomic mass is 10.0. The zero-order valence-electron chi connectivity index (χ0n) is 17.8. The molecule has 2 aliphatic heterocycles. The Morgan fingerprint density at radius 1 is 1.09 bits per heavy atom. The Morgan fingerprint density at radius 2 is 1.85 bits per heavy atom. The van der Waals surface area contributed by atoms with E-state index >= 15 is 0 Å². The van der Waals surface area contributed by atoms with Crippen molar-refractivity contribution in [3.05, 3.63) is 71.8 Å². The van der Waals surface area contributed by atoms with Gasteiger partial charge in [0.2, 0.25) is 0 Å². The number of furan rings is 1. The van der Waals surface area contributed by atoms with Crippen LogP contribution >= 0.6 is 0 Å². The number of anilines is 1. The Bertz CT molecular complexity index is 1090. The van der Waals surface area contributed by atoms with Gasteiger partial charge in [0.25, 0.3) is 5.91 Å². The van der Waals surface area contributed by atoms with Crippen LogP contribution in [0.4, 0.5) is 19.0 Å². The van der Waals surface area contributed by atoms with E-state index in [1.807, 2.05) is 18.2 Å². The summed E-state index contributed by atoms with van der Waals surface area (Å²) in [6.45, 7) is 3.18. The molecule has 0 saturated carbocycles. The summed E-state index contributed by atoms with van der Waals surface area (Å²) >= 11 is 0. The maximum Gasteiger partial charge on any atom is 0.410 e. The van der Waals surface area contributed by atoms with Crippen LogP contribution in [0.2, 0.25) is 0 Å². The number of benzene rings is 1. The molecule has 0 radical (unpaired) electrons. The molecule has 0 unspecified atom stereocenters. The normalized spacial score (nSPS) is 21.5. The lowest BCUT2D eigenvalue weighted by Crippen LogP contribution is -2.48. The minimum Gasteiger partial charge on any atom is -0.467 e. The molecule has 2 aromatic heterocycles. The second kappa shape index (κ2) is 8.58. The van der Waals surface area contributed by atoms with Gasteiger partial charge < -0.3 is 14.6 Å². The molecular formula is C23H24F3N5O2. The molecule has 1 amide bonds. The van der Waals surface area contributed by atoms with Gasteiger partial charge in [-0.05, 0) is 17.7 Å². The predicted octanol–water partition coefficient (Wildman–Crippen LogP) is 4.09. The summed E-state index contributed by atoms with van der Waals surface area (Å²) in [5.41, 5.74) is 1.35. The van der Waals surface area contributed by atoms with Crippen LogP contribution in [0.1, 0.15) is 40.2 Å². The maximum absolute atomic E-state index is 13.8. The molecule has 1 saturated heterocycles. The fourth-order valence-electron chi connectivity index (χ4n) is 4.52. The van der Waals surface area contributed by atoms with Gasteiger partial charge in [0, 0.05) is 39.1 Å². The van der Waals surface area contributed by atoms with Crippen LogP contribution in [0.5, 0.6) is 0 Å². The average molecular weight is 459 g/mol. The van der Waals surface area contributed by atoms with E-state index in [9.17, 15) is 18.0 Å². The van der Waals surface area contributed by atoms with Gasteiger partial charge in [-0.3, -0.25) is 9.69 Å². The van der Waals surface area contributed by atoms with Crippen molar-refractivity contribution in [3.63, 3.8) is 0 Å². The van der Waals surface area contributed by atoms with Crippen LogP contribution in [-0.4, -0.2) is 57.8 Å². The number of nitrogens with zero attached hydrogens (tertiary/aromatic N) is 4. The Kier molecular flexibility index (Phi) is 5.61. The van der Waals surface area contributed by atoms with Crippen LogP contribution in [0.15, 0.2) is 59.3 Å². The number of amides is 1. The van der Waals surface area contributed by atoms with Gasteiger partial charge in [-0.2, -0.15) is 18.3 Å². The number of hydrogen-bond acceptors (Lipinski definition) is 5. The van der Waals surface area contributed by atoms with Crippen molar-refractivity contribution in [2.24, 2.45) is 0 Å². The van der Waals surface area contributed by atoms with Crippen molar-refractivity contribution in [1.29, 1.82) is 0 Å². The highest BCUT2D eigenvalue weighted by Gasteiger charge is 2.48. The molecule has 0 bridgehead atoms. The third-order valence-electron chi connectivity index (χ3n) is 6.26. The van der Waals surface area contributed by atoms with Crippen LogP contribution in [0.25, 0.3) is 0 Å². The molecule has 1 N–H and O–H groups in total. The molecule has 1 fully saturated rings. The molecule has 10 heteroatoms. The number of aromatic nitrogens is 2. The summed E-state index contributed by atoms with van der Waals surface area (Å²) < 4.78 is 47.6. The first-order valence-electron chi connectivity index (χ1n) is 10.9. The number of nitrogens with one attached hydrogen (secondary N) is 1. The van der Waals surface area contributed by atoms with Gasteiger partial charge in [0.15, 0.2) is 6.04 Å². The van der Waals surface area contributed by atoms with E-state index in [1.54, 1.807) is 17.0 Å². The van der Waals surface area contributed by atoms with Gasteiger partial charge in [0.1, 0.15) is 17.1 Å². The van der Waals surface area contributed by atoms with Gasteiger partial charge in [-0.1, -0.05) is 30.3 Å². The summed E-state index contributed by atoms with van der Waals surface area (Å²) in [5, 5.41) is 7.01. The van der Waals surface area contributed by atoms with Crippen molar-refractivity contribution >= 4 is 11.7 Å². The molecule has 0 spiro atoms. The Morgan fingerprint density at radius 3 is 2.52 bits per heavy atom. The topological polar surface area (TPSA) is 66.5 Å². The summed E-state index contributed by atoms with van der Waals surface area (Å²) in [6, 6.07) is 10.8. The van der Waals surface area contributed by atoms with E-state index in [-0.39, 0.29) is 23.7 Å². The molecule has 2 aliphatic rings. The average Bonchev–Trinajstić information content (AvgIpc) is 3.49. The summed E-state index contributed by atoms with van der Waals surface area (Å²) in [4.78, 5) is 17.2. The summed E-state index contributed by atoms with van der Waals surface area (Å²) in [7, 11) is 0. The molecule has 0 aliphatic carbocycles. The SMILES string of the molecule is O=C(c1cnn2c1N[C@H](c1ccco1)C[C@H]2C(F)(F)F)N1CCN(Cc2ccccc2)CC1. The van der Waals surface area contributed by atoms with Gasteiger partial charge in [-0.25, -0.2) is 4.68 Å². The fourth-order valence-corrected chi connectivity index (χ4v) is 4.52. The largest absolute Gasteiger partial charge is 0.467 e. The molecule has 2 atom stereocenters. The molecule has 4 heterocycles. The van der Waals surface area contributed by atoms with E-state index in [1.165, 1.54) is 18.0 Å². The third-order valence-corrected chi connectivity index (χ3v) is 6.26. The second-order valence-electron chi connectivity index (χ2n) is 8.41. The van der Waals surface area contributed by atoms with Crippen molar-refractivity contribution in [2.75, 3.05) is 31.5 Å². The van der Waals surface area contributed by atoms with E-state index in [0.717, 1.165) is 11.2 Å². The highest BCUT2D eigenvalue weighted by Crippen LogP contribution is 2.44. The number of alkyl halides is 3. The monoisotopic (exact) mass is 459 g/mol. The van der Waals surface area contributed by atoms with E-state index < -0.39 is 18.3 Å². The summed E-state index contributed by atoms with van der Waals surface area (Å²) in [6.07, 6.45) is -2.11. The molecule has 1 aromatic carbocycles. The number of halogens is 3. The predicted molar refractivity (Wildman–Crippen MR) is 115 cm³/mol. The molecule has 5 rings (SSSR count). The fraction of sp³-hybridized carbons (Fsp3) is 0.391. The van der Waals surface area contributed by atoms with Crippen molar-refractivity contribution < 1.29 is 22.4 Å². The van der Waals surface area contributed by atoms with Crippen LogP contribution in [-0.2, 0) is 6.54 Å². The van der Waals surface area contributed by atoms with Crippen molar-refractivity contribution in [3.8, 4) is 0 Å². The first kappa shape index (κ1) is 21.6. The maximum atomic E-state index is 13.8. The molecular weight excluding hydrogens is 435 g/mol. The molecule has 33 heavy (non-hydrogen) atoms. The van der Waals surface area contributed by atoms with E-state index in [2.05, 4.69) is 27.4 Å². The van der Waals surface area contributed by atoms with Crippen LogP contribution in [0.3, 0.4) is 0 Å². The van der Waals surface area contributed by atoms with Crippen molar-refractivity contribution in [1.82, 2.24) is 19.6 Å². The van der Waals surface area contributed by atoms with E-state index in [4.69, 9.17) is 4.42 Å². The zero-order valence-corrected chi connectivity index (χ0v) is 17.8. The van der Waals surface area contributed by atoms with Crippen LogP contribution in [0, 0.1) is 0 Å². The molecule has 3 aromatic rings. The van der Waals surface area contributed by atoms with E-state index in [0.29, 0.717) is 31.9 Å². The number of fused-ring (bicyclic) bond motifs is 1. The van der Waals surface area contributed by atoms with Gasteiger partial charge >= 0.3 is 6.18 Å². The lowest BCUT2D eigenvalue weighted by molar-refractivity contribution is -0.174. The first-order valence-corrected chi connectivity index (χ1v) is 10.9. The Labute approximate surface area is 188 Å². The van der Waals surface area contributed by atoms with Gasteiger partial charge in [0.05, 0.1) is 18.5 Å². The molecule has 174 valence electrons. The standard InChI is InChI=1S/C23H24F3N5O2/c24-23(25,26)20-13-18(19-7-4-12-33-19)28-21-17(14-27-31(20)21)22(32)30-10-8-29(9-11-30)15-16-5-2-1-3-6-16/h1-7,12,14,18,20,28H,8-11,13,15H2/t18-,20-/m0/s1. The minimum atomic E-state index is -4.50. The molecule has 7 nitrogen and oxygen atoms in total. The highest BCUT2D eigenvalue weighted by molar-refractivity contribution is 5.99. The zero-order chi connectivity index (χ0) is 23.0. The number of carbonyl (C=O) groups excluding carboxylic acids is 1. The first-order chi connectivity index (χ1) is 15.9. The smallest absolute Gasteiger partial charge is 0.410 e. The third kappa shape index (κ3) is 4.35. The van der Waals surface area contributed by atoms with Crippen molar-refractivity contribution in [2.45, 2.75) is 31.2 Å². The minimum absolute atomic E-state index is 0.0849. The number of hydrogen-bond donors (Lipinski definition) is 1. The number of rotatable bonds is 4. The Balaban J connectivity index is 1.32. The number of piperazine rings is 1. The Hall–Kier alpha value is -3.27.